The maximum absolute atomic E-state index is 13.2. The van der Waals surface area contributed by atoms with Crippen LogP contribution in [0.3, 0.4) is 0 Å². The number of halogens is 1. The monoisotopic (exact) mass is 589 g/mol. The van der Waals surface area contributed by atoms with Gasteiger partial charge < -0.3 is 25.4 Å². The summed E-state index contributed by atoms with van der Waals surface area (Å²) in [5, 5.41) is 14.6. The predicted octanol–water partition coefficient (Wildman–Crippen LogP) is 4.02. The Labute approximate surface area is 247 Å². The van der Waals surface area contributed by atoms with Gasteiger partial charge in [-0.1, -0.05) is 64.8 Å². The number of ketones is 1. The Morgan fingerprint density at radius 1 is 1.12 bits per heavy atom. The first kappa shape index (κ1) is 34.4. The molecule has 10 nitrogen and oxygen atoms in total. The van der Waals surface area contributed by atoms with Gasteiger partial charge >= 0.3 is 12.1 Å². The van der Waals surface area contributed by atoms with Crippen LogP contribution in [0.5, 0.6) is 0 Å². The molecule has 0 radical (unpaired) electrons. The molecular formula is C31H44FN3O7. The van der Waals surface area contributed by atoms with E-state index in [-0.39, 0.29) is 24.7 Å². The Kier molecular flexibility index (Phi) is 14.1. The number of carboxylic acids is 1. The molecule has 0 aliphatic carbocycles. The number of rotatable bonds is 16. The highest BCUT2D eigenvalue weighted by atomic mass is 19.1. The Bertz CT molecular complexity index is 1110. The molecule has 0 aromatic heterocycles. The standard InChI is InChI=1S/C31H44FN3O7/c1-5-6-7-8-9-11-21(4)27(30(39)40)34-29(38)24-12-10-17-35(24)26(37)19-33-31(41)42-28(20(2)3)25(36)18-22-13-15-23(32)16-14-22/h9,11,13-16,20-21,24,27-28H,5-8,10,12,17-19H2,1-4H3,(H,33,41)(H,34,38)(H,39,40)/b11-9-/t21?,24-,27?,28?/m0/s1. The van der Waals surface area contributed by atoms with Gasteiger partial charge in [0, 0.05) is 18.9 Å². The van der Waals surface area contributed by atoms with Gasteiger partial charge in [-0.3, -0.25) is 14.4 Å². The molecule has 42 heavy (non-hydrogen) atoms. The molecule has 1 aliphatic rings. The first-order chi connectivity index (χ1) is 19.9. The van der Waals surface area contributed by atoms with Crippen molar-refractivity contribution in [2.45, 2.75) is 90.8 Å². The fourth-order valence-electron chi connectivity index (χ4n) is 4.82. The second kappa shape index (κ2) is 17.3. The molecular weight excluding hydrogens is 545 g/mol. The molecule has 11 heteroatoms. The van der Waals surface area contributed by atoms with Crippen molar-refractivity contribution in [1.29, 1.82) is 0 Å². The lowest BCUT2D eigenvalue weighted by Crippen LogP contribution is -2.53. The summed E-state index contributed by atoms with van der Waals surface area (Å²) in [5.41, 5.74) is 0.576. The highest BCUT2D eigenvalue weighted by molar-refractivity contribution is 5.92. The fourth-order valence-corrected chi connectivity index (χ4v) is 4.82. The number of carboxylic acid groups (broad SMARTS) is 1. The van der Waals surface area contributed by atoms with Crippen molar-refractivity contribution in [3.05, 3.63) is 47.8 Å². The maximum atomic E-state index is 13.2. The molecule has 3 N–H and O–H groups in total. The number of benzene rings is 1. The molecule has 2 rings (SSSR count). The predicted molar refractivity (Wildman–Crippen MR) is 155 cm³/mol. The summed E-state index contributed by atoms with van der Waals surface area (Å²) in [6, 6.07) is 3.44. The molecule has 3 amide bonds. The van der Waals surface area contributed by atoms with Crippen molar-refractivity contribution in [1.82, 2.24) is 15.5 Å². The van der Waals surface area contributed by atoms with E-state index in [1.165, 1.54) is 29.2 Å². The lowest BCUT2D eigenvalue weighted by molar-refractivity contribution is -0.144. The van der Waals surface area contributed by atoms with Crippen LogP contribution in [0.15, 0.2) is 36.4 Å². The third-order valence-electron chi connectivity index (χ3n) is 7.21. The topological polar surface area (TPSA) is 142 Å². The first-order valence-electron chi connectivity index (χ1n) is 14.7. The number of ether oxygens (including phenoxy) is 1. The minimum Gasteiger partial charge on any atom is -0.480 e. The van der Waals surface area contributed by atoms with Gasteiger partial charge in [0.2, 0.25) is 11.8 Å². The molecule has 0 saturated carbocycles. The van der Waals surface area contributed by atoms with Crippen LogP contribution in [-0.4, -0.2) is 70.9 Å². The zero-order valence-electron chi connectivity index (χ0n) is 24.9. The minimum atomic E-state index is -1.16. The van der Waals surface area contributed by atoms with Gasteiger partial charge in [0.1, 0.15) is 24.4 Å². The minimum absolute atomic E-state index is 0.0511. The Morgan fingerprint density at radius 3 is 2.43 bits per heavy atom. The van der Waals surface area contributed by atoms with E-state index in [0.29, 0.717) is 18.4 Å². The Morgan fingerprint density at radius 2 is 1.81 bits per heavy atom. The van der Waals surface area contributed by atoms with E-state index < -0.39 is 60.3 Å². The summed E-state index contributed by atoms with van der Waals surface area (Å²) in [6.45, 7) is 7.07. The van der Waals surface area contributed by atoms with Gasteiger partial charge in [-0.25, -0.2) is 14.0 Å². The molecule has 4 atom stereocenters. The molecule has 232 valence electrons. The van der Waals surface area contributed by atoms with Gasteiger partial charge in [0.05, 0.1) is 0 Å². The average Bonchev–Trinajstić information content (AvgIpc) is 3.44. The van der Waals surface area contributed by atoms with Crippen LogP contribution in [-0.2, 0) is 30.3 Å². The molecule has 1 saturated heterocycles. The number of likely N-dealkylation sites (tertiary alicyclic amines) is 1. The highest BCUT2D eigenvalue weighted by Gasteiger charge is 2.37. The Balaban J connectivity index is 1.92. The maximum Gasteiger partial charge on any atom is 0.408 e. The van der Waals surface area contributed by atoms with Crippen LogP contribution in [0.2, 0.25) is 0 Å². The SMILES string of the molecule is CCCCC/C=C\C(C)C(NC(=O)[C@@H]1CCCN1C(=O)CNC(=O)OC(C(=O)Cc1ccc(F)cc1)C(C)C)C(=O)O. The van der Waals surface area contributed by atoms with Crippen molar-refractivity contribution in [2.24, 2.45) is 11.8 Å². The zero-order chi connectivity index (χ0) is 31.2. The van der Waals surface area contributed by atoms with E-state index in [4.69, 9.17) is 4.74 Å². The molecule has 0 spiro atoms. The van der Waals surface area contributed by atoms with E-state index in [9.17, 15) is 33.5 Å². The van der Waals surface area contributed by atoms with Gasteiger partial charge in [-0.05, 0) is 49.3 Å². The number of unbranched alkanes of at least 4 members (excludes halogenated alkanes) is 3. The fraction of sp³-hybridized carbons (Fsp3) is 0.581. The summed E-state index contributed by atoms with van der Waals surface area (Å²) in [5.74, 6) is -3.84. The van der Waals surface area contributed by atoms with Crippen LogP contribution in [0.25, 0.3) is 0 Å². The lowest BCUT2D eigenvalue weighted by atomic mass is 9.98. The Hall–Kier alpha value is -3.76. The summed E-state index contributed by atoms with van der Waals surface area (Å²) in [4.78, 5) is 64.4. The molecule has 1 fully saturated rings. The number of carbonyl (C=O) groups is 5. The summed E-state index contributed by atoms with van der Waals surface area (Å²) >= 11 is 0. The lowest BCUT2D eigenvalue weighted by Gasteiger charge is -2.27. The molecule has 3 unspecified atom stereocenters. The first-order valence-corrected chi connectivity index (χ1v) is 14.7. The van der Waals surface area contributed by atoms with E-state index in [1.807, 2.05) is 6.08 Å². The molecule has 1 aromatic rings. The number of allylic oxidation sites excluding steroid dienone is 1. The number of alkyl carbamates (subject to hydrolysis) is 1. The number of hydrogen-bond acceptors (Lipinski definition) is 6. The number of hydrogen-bond donors (Lipinski definition) is 3. The number of aliphatic carboxylic acids is 1. The third kappa shape index (κ3) is 10.9. The van der Waals surface area contributed by atoms with Gasteiger partial charge in [0.15, 0.2) is 11.9 Å². The largest absolute Gasteiger partial charge is 0.480 e. The number of Topliss-reactive ketones (excluding diaryl/α,β-unsaturated/α-hetero) is 1. The van der Waals surface area contributed by atoms with Crippen molar-refractivity contribution in [2.75, 3.05) is 13.1 Å². The average molecular weight is 590 g/mol. The summed E-state index contributed by atoms with van der Waals surface area (Å²) in [6.07, 6.45) is 6.56. The summed E-state index contributed by atoms with van der Waals surface area (Å²) in [7, 11) is 0. The highest BCUT2D eigenvalue weighted by Crippen LogP contribution is 2.19. The van der Waals surface area contributed by atoms with Crippen molar-refractivity contribution in [3.63, 3.8) is 0 Å². The second-order valence-electron chi connectivity index (χ2n) is 11.0. The van der Waals surface area contributed by atoms with Crippen molar-refractivity contribution < 1.29 is 38.2 Å². The second-order valence-corrected chi connectivity index (χ2v) is 11.0. The van der Waals surface area contributed by atoms with E-state index in [2.05, 4.69) is 17.6 Å². The smallest absolute Gasteiger partial charge is 0.408 e. The quantitative estimate of drug-likeness (QED) is 0.195. The van der Waals surface area contributed by atoms with Gasteiger partial charge in [0.25, 0.3) is 0 Å². The van der Waals surface area contributed by atoms with Crippen LogP contribution in [0, 0.1) is 17.7 Å². The van der Waals surface area contributed by atoms with Crippen LogP contribution < -0.4 is 10.6 Å². The van der Waals surface area contributed by atoms with E-state index in [0.717, 1.165) is 25.7 Å². The number of nitrogens with one attached hydrogen (secondary N) is 2. The van der Waals surface area contributed by atoms with Crippen molar-refractivity contribution in [3.8, 4) is 0 Å². The number of carbonyl (C=O) groups excluding carboxylic acids is 4. The molecule has 1 aromatic carbocycles. The van der Waals surface area contributed by atoms with Crippen LogP contribution in [0.4, 0.5) is 9.18 Å². The number of amides is 3. The normalized spacial score (nSPS) is 17.1. The molecule has 0 bridgehead atoms. The zero-order valence-corrected chi connectivity index (χ0v) is 24.9. The molecule has 1 aliphatic heterocycles. The third-order valence-corrected chi connectivity index (χ3v) is 7.21. The van der Waals surface area contributed by atoms with Crippen LogP contribution in [0.1, 0.15) is 71.8 Å². The van der Waals surface area contributed by atoms with Gasteiger partial charge in [-0.2, -0.15) is 0 Å². The molecule has 1 heterocycles. The van der Waals surface area contributed by atoms with Gasteiger partial charge in [-0.15, -0.1) is 0 Å². The van der Waals surface area contributed by atoms with Crippen molar-refractivity contribution >= 4 is 29.7 Å². The summed E-state index contributed by atoms with van der Waals surface area (Å²) < 4.78 is 18.5. The van der Waals surface area contributed by atoms with E-state index >= 15 is 0 Å². The number of nitrogens with zero attached hydrogens (tertiary/aromatic N) is 1. The van der Waals surface area contributed by atoms with Crippen LogP contribution >= 0.6 is 0 Å². The van der Waals surface area contributed by atoms with E-state index in [1.54, 1.807) is 26.8 Å².